The molecule has 0 aliphatic carbocycles. The van der Waals surface area contributed by atoms with E-state index < -0.39 is 23.3 Å². The van der Waals surface area contributed by atoms with Crippen LogP contribution in [0.4, 0.5) is 19.0 Å². The third-order valence-corrected chi connectivity index (χ3v) is 11.4. The number of piperazine rings is 1. The Labute approximate surface area is 276 Å². The SMILES string of the molecule is CCc1cccc2cc(O)cc(-c3c(F)c4c5c(nc(OC[C@]67C[C@@H](F)CN6C[C@@H](OC)C7)nc5c3F)N3CC5CCC(N5)C3CO4)c12. The van der Waals surface area contributed by atoms with E-state index in [-0.39, 0.29) is 77.0 Å². The fourth-order valence-electron chi connectivity index (χ4n) is 9.19. The molecule has 6 heterocycles. The lowest BCUT2D eigenvalue weighted by Gasteiger charge is -2.40. The van der Waals surface area contributed by atoms with Crippen LogP contribution in [-0.2, 0) is 11.2 Å². The van der Waals surface area contributed by atoms with E-state index in [2.05, 4.69) is 20.1 Å². The highest BCUT2D eigenvalue weighted by Gasteiger charge is 2.53. The minimum absolute atomic E-state index is 0.0480. The molecule has 0 spiro atoms. The number of hydrogen-bond acceptors (Lipinski definition) is 9. The molecule has 48 heavy (non-hydrogen) atoms. The Morgan fingerprint density at radius 2 is 1.96 bits per heavy atom. The molecular formula is C36H38F3N5O4. The molecule has 5 aliphatic rings. The molecular weight excluding hydrogens is 623 g/mol. The summed E-state index contributed by atoms with van der Waals surface area (Å²) in [5.41, 5.74) is 0.0617. The van der Waals surface area contributed by atoms with Crippen LogP contribution < -0.4 is 19.7 Å². The number of aryl methyl sites for hydroxylation is 1. The van der Waals surface area contributed by atoms with Gasteiger partial charge in [0, 0.05) is 45.2 Å². The van der Waals surface area contributed by atoms with Gasteiger partial charge in [0.25, 0.3) is 0 Å². The first kappa shape index (κ1) is 30.2. The number of benzene rings is 3. The Balaban J connectivity index is 1.24. The number of ether oxygens (including phenoxy) is 3. The third-order valence-electron chi connectivity index (χ3n) is 11.4. The fraction of sp³-hybridized carbons (Fsp3) is 0.500. The average Bonchev–Trinajstić information content (AvgIpc) is 3.68. The number of phenols is 1. The van der Waals surface area contributed by atoms with Crippen molar-refractivity contribution >= 4 is 27.5 Å². The van der Waals surface area contributed by atoms with Crippen LogP contribution in [0, 0.1) is 11.6 Å². The lowest BCUT2D eigenvalue weighted by molar-refractivity contribution is 0.0969. The van der Waals surface area contributed by atoms with Gasteiger partial charge in [-0.25, -0.2) is 13.2 Å². The predicted octanol–water partition coefficient (Wildman–Crippen LogP) is 5.28. The molecule has 0 saturated carbocycles. The normalized spacial score (nSPS) is 29.3. The molecule has 4 fully saturated rings. The van der Waals surface area contributed by atoms with Gasteiger partial charge in [-0.1, -0.05) is 25.1 Å². The molecule has 2 N–H and O–H groups in total. The zero-order chi connectivity index (χ0) is 32.9. The van der Waals surface area contributed by atoms with Crippen LogP contribution in [0.25, 0.3) is 32.8 Å². The maximum atomic E-state index is 17.2. The maximum absolute atomic E-state index is 17.2. The lowest BCUT2D eigenvalue weighted by atomic mass is 9.91. The van der Waals surface area contributed by atoms with Crippen LogP contribution in [0.15, 0.2) is 30.3 Å². The number of methoxy groups -OCH3 is 1. The van der Waals surface area contributed by atoms with Crippen molar-refractivity contribution in [3.05, 3.63) is 47.5 Å². The summed E-state index contributed by atoms with van der Waals surface area (Å²) in [6.07, 6.45) is 2.39. The Hall–Kier alpha value is -3.87. The number of alkyl halides is 1. The Bertz CT molecular complexity index is 1960. The number of halogens is 3. The van der Waals surface area contributed by atoms with E-state index in [9.17, 15) is 9.50 Å². The third kappa shape index (κ3) is 4.48. The van der Waals surface area contributed by atoms with Gasteiger partial charge in [-0.15, -0.1) is 0 Å². The number of aromatic hydroxyl groups is 1. The van der Waals surface area contributed by atoms with Crippen molar-refractivity contribution in [1.82, 2.24) is 20.2 Å². The highest BCUT2D eigenvalue weighted by atomic mass is 19.1. The summed E-state index contributed by atoms with van der Waals surface area (Å²) in [4.78, 5) is 13.6. The number of rotatable bonds is 6. The Morgan fingerprint density at radius 1 is 1.08 bits per heavy atom. The van der Waals surface area contributed by atoms with Crippen LogP contribution in [0.2, 0.25) is 0 Å². The standard InChI is InChI=1S/C36H38F3N5O4/c1-3-18-5-4-6-19-9-22(45)10-24(27(18)19)28-30(38)32-29-33(31(28)39)47-16-26-25-8-7-21(40-25)14-44(26)34(29)42-35(41-32)48-17-36-11-20(37)13-43(36)15-23(12-36)46-2/h4-6,9-10,20-21,23,25-26,40,45H,3,7-8,11-17H2,1-2H3/t20-,21?,23+,25?,26?,36-/m1/s1. The number of anilines is 1. The van der Waals surface area contributed by atoms with E-state index >= 15 is 8.78 Å². The second-order valence-electron chi connectivity index (χ2n) is 14.1. The summed E-state index contributed by atoms with van der Waals surface area (Å²) in [7, 11) is 1.66. The number of hydrogen-bond donors (Lipinski definition) is 2. The molecule has 1 aromatic heterocycles. The summed E-state index contributed by atoms with van der Waals surface area (Å²) in [5, 5.41) is 15.9. The molecule has 2 bridgehead atoms. The number of fused-ring (bicyclic) bond motifs is 7. The lowest BCUT2D eigenvalue weighted by Crippen LogP contribution is -2.60. The molecule has 3 aromatic carbocycles. The zero-order valence-electron chi connectivity index (χ0n) is 26.9. The molecule has 3 unspecified atom stereocenters. The van der Waals surface area contributed by atoms with Gasteiger partial charge in [-0.2, -0.15) is 9.97 Å². The monoisotopic (exact) mass is 661 g/mol. The smallest absolute Gasteiger partial charge is 0.319 e. The highest BCUT2D eigenvalue weighted by Crippen LogP contribution is 2.49. The zero-order valence-corrected chi connectivity index (χ0v) is 26.9. The topological polar surface area (TPSA) is 92.2 Å². The van der Waals surface area contributed by atoms with Crippen LogP contribution in [-0.4, -0.2) is 95.9 Å². The number of phenolic OH excluding ortho intramolecular Hbond substituents is 1. The molecule has 0 radical (unpaired) electrons. The fourth-order valence-corrected chi connectivity index (χ4v) is 9.19. The maximum Gasteiger partial charge on any atom is 0.319 e. The van der Waals surface area contributed by atoms with Gasteiger partial charge in [0.1, 0.15) is 36.5 Å². The molecule has 6 atom stereocenters. The second kappa shape index (κ2) is 11.1. The number of nitrogens with zero attached hydrogens (tertiary/aromatic N) is 4. The minimum atomic E-state index is -0.988. The molecule has 12 heteroatoms. The summed E-state index contributed by atoms with van der Waals surface area (Å²) in [6.45, 7) is 3.74. The van der Waals surface area contributed by atoms with Crippen LogP contribution in [0.1, 0.15) is 38.2 Å². The van der Waals surface area contributed by atoms with Crippen LogP contribution in [0.3, 0.4) is 0 Å². The van der Waals surface area contributed by atoms with Crippen molar-refractivity contribution in [3.8, 4) is 28.6 Å². The van der Waals surface area contributed by atoms with Gasteiger partial charge in [-0.3, -0.25) is 4.90 Å². The van der Waals surface area contributed by atoms with E-state index in [1.165, 1.54) is 6.07 Å². The average molecular weight is 662 g/mol. The Morgan fingerprint density at radius 3 is 2.79 bits per heavy atom. The van der Waals surface area contributed by atoms with Gasteiger partial charge < -0.3 is 29.5 Å². The Kier molecular flexibility index (Phi) is 6.97. The molecule has 252 valence electrons. The van der Waals surface area contributed by atoms with Crippen LogP contribution in [0.5, 0.6) is 17.5 Å². The largest absolute Gasteiger partial charge is 0.508 e. The molecule has 4 aromatic rings. The number of aromatic nitrogens is 2. The van der Waals surface area contributed by atoms with E-state index in [1.807, 2.05) is 25.1 Å². The molecule has 0 amide bonds. The molecule has 9 nitrogen and oxygen atoms in total. The van der Waals surface area contributed by atoms with Gasteiger partial charge >= 0.3 is 6.01 Å². The second-order valence-corrected chi connectivity index (χ2v) is 14.1. The molecule has 5 aliphatic heterocycles. The molecule has 9 rings (SSSR count). The van der Waals surface area contributed by atoms with E-state index in [4.69, 9.17) is 19.2 Å². The van der Waals surface area contributed by atoms with Crippen molar-refractivity contribution in [2.45, 2.75) is 75.0 Å². The van der Waals surface area contributed by atoms with E-state index in [1.54, 1.807) is 13.2 Å². The van der Waals surface area contributed by atoms with Gasteiger partial charge in [0.05, 0.1) is 28.6 Å². The van der Waals surface area contributed by atoms with Crippen LogP contribution >= 0.6 is 0 Å². The summed E-state index contributed by atoms with van der Waals surface area (Å²) in [5.74, 6) is -1.60. The summed E-state index contributed by atoms with van der Waals surface area (Å²) >= 11 is 0. The van der Waals surface area contributed by atoms with Crippen molar-refractivity contribution in [1.29, 1.82) is 0 Å². The van der Waals surface area contributed by atoms with E-state index in [0.717, 1.165) is 18.4 Å². The van der Waals surface area contributed by atoms with E-state index in [0.29, 0.717) is 55.5 Å². The number of nitrogens with one attached hydrogen (secondary N) is 1. The van der Waals surface area contributed by atoms with Gasteiger partial charge in [-0.05, 0) is 59.7 Å². The highest BCUT2D eigenvalue weighted by molar-refractivity contribution is 6.05. The van der Waals surface area contributed by atoms with Crippen molar-refractivity contribution < 1.29 is 32.5 Å². The summed E-state index contributed by atoms with van der Waals surface area (Å²) < 4.78 is 67.2. The first-order valence-electron chi connectivity index (χ1n) is 16.9. The predicted molar refractivity (Wildman–Crippen MR) is 175 cm³/mol. The van der Waals surface area contributed by atoms with Crippen molar-refractivity contribution in [2.75, 3.05) is 44.9 Å². The summed E-state index contributed by atoms with van der Waals surface area (Å²) in [6, 6.07) is 8.67. The van der Waals surface area contributed by atoms with Crippen molar-refractivity contribution in [3.63, 3.8) is 0 Å². The van der Waals surface area contributed by atoms with Gasteiger partial charge in [0.2, 0.25) is 0 Å². The van der Waals surface area contributed by atoms with Crippen molar-refractivity contribution in [2.24, 2.45) is 0 Å². The van der Waals surface area contributed by atoms with Gasteiger partial charge in [0.15, 0.2) is 17.4 Å². The minimum Gasteiger partial charge on any atom is -0.508 e. The molecule has 4 saturated heterocycles. The first-order chi connectivity index (χ1) is 23.3. The first-order valence-corrected chi connectivity index (χ1v) is 16.9. The quantitative estimate of drug-likeness (QED) is 0.287.